The molecule has 0 unspecified atom stereocenters. The van der Waals surface area contributed by atoms with Crippen molar-refractivity contribution in [1.29, 1.82) is 0 Å². The molecule has 1 atom stereocenters. The van der Waals surface area contributed by atoms with Gasteiger partial charge in [-0.2, -0.15) is 11.8 Å². The topological polar surface area (TPSA) is 49.4 Å². The van der Waals surface area contributed by atoms with Crippen LogP contribution in [0.4, 0.5) is 8.78 Å². The first-order valence-electron chi connectivity index (χ1n) is 8.72. The van der Waals surface area contributed by atoms with Crippen molar-refractivity contribution in [3.63, 3.8) is 0 Å². The lowest BCUT2D eigenvalue weighted by molar-refractivity contribution is -0.129. The highest BCUT2D eigenvalue weighted by Crippen LogP contribution is 2.36. The Kier molecular flexibility index (Phi) is 6.45. The summed E-state index contributed by atoms with van der Waals surface area (Å²) in [6.45, 7) is 0.864. The molecule has 142 valence electrons. The summed E-state index contributed by atoms with van der Waals surface area (Å²) in [5, 5.41) is 2.43. The van der Waals surface area contributed by atoms with E-state index >= 15 is 0 Å². The van der Waals surface area contributed by atoms with Crippen molar-refractivity contribution in [1.82, 2.24) is 10.2 Å². The molecule has 1 saturated heterocycles. The minimum Gasteiger partial charge on any atom is -0.343 e. The highest BCUT2D eigenvalue weighted by atomic mass is 32.2. The molecule has 0 aliphatic carbocycles. The van der Waals surface area contributed by atoms with Gasteiger partial charge in [-0.3, -0.25) is 9.59 Å². The molecule has 1 heterocycles. The zero-order chi connectivity index (χ0) is 19.2. The second kappa shape index (κ2) is 8.99. The van der Waals surface area contributed by atoms with Crippen molar-refractivity contribution < 1.29 is 18.4 Å². The van der Waals surface area contributed by atoms with E-state index in [1.807, 2.05) is 6.07 Å². The van der Waals surface area contributed by atoms with Crippen LogP contribution in [0.2, 0.25) is 0 Å². The number of nitrogens with one attached hydrogen (secondary N) is 1. The second-order valence-corrected chi connectivity index (χ2v) is 7.55. The fraction of sp³-hybridized carbons (Fsp3) is 0.300. The first-order valence-corrected chi connectivity index (χ1v) is 9.77. The average Bonchev–Trinajstić information content (AvgIpc) is 2.94. The third-order valence-corrected chi connectivity index (χ3v) is 5.75. The van der Waals surface area contributed by atoms with Crippen LogP contribution in [-0.2, 0) is 4.79 Å². The SMILES string of the molecule is O=C(NCC(=O)N1CCS[C@H](c2cc(F)ccc2F)CC1)c1ccccc1. The Morgan fingerprint density at radius 1 is 1.11 bits per heavy atom. The first-order chi connectivity index (χ1) is 13.0. The van der Waals surface area contributed by atoms with Crippen LogP contribution in [0, 0.1) is 11.6 Å². The van der Waals surface area contributed by atoms with Crippen molar-refractivity contribution >= 4 is 23.6 Å². The summed E-state index contributed by atoms with van der Waals surface area (Å²) in [5.41, 5.74) is 0.838. The summed E-state index contributed by atoms with van der Waals surface area (Å²) in [6.07, 6.45) is 0.531. The van der Waals surface area contributed by atoms with E-state index in [1.165, 1.54) is 17.8 Å². The van der Waals surface area contributed by atoms with E-state index in [4.69, 9.17) is 0 Å². The van der Waals surface area contributed by atoms with E-state index in [1.54, 1.807) is 29.2 Å². The number of nitrogens with zero attached hydrogens (tertiary/aromatic N) is 1. The van der Waals surface area contributed by atoms with Gasteiger partial charge in [0.2, 0.25) is 5.91 Å². The summed E-state index contributed by atoms with van der Waals surface area (Å²) in [4.78, 5) is 26.1. The molecule has 0 bridgehead atoms. The average molecular weight is 390 g/mol. The van der Waals surface area contributed by atoms with Gasteiger partial charge in [-0.15, -0.1) is 0 Å². The van der Waals surface area contributed by atoms with Gasteiger partial charge in [-0.1, -0.05) is 18.2 Å². The molecule has 1 N–H and O–H groups in total. The lowest BCUT2D eigenvalue weighted by atomic mass is 10.1. The minimum absolute atomic E-state index is 0.0859. The Bertz CT molecular complexity index is 817. The third-order valence-electron chi connectivity index (χ3n) is 4.44. The van der Waals surface area contributed by atoms with Crippen molar-refractivity contribution in [3.05, 3.63) is 71.3 Å². The standard InChI is InChI=1S/C20H20F2N2O2S/c21-15-6-7-17(22)16(12-15)18-8-9-24(10-11-27-18)19(25)13-23-20(26)14-4-2-1-3-5-14/h1-7,12,18H,8-11,13H2,(H,23,26)/t18-/m0/s1. The predicted molar refractivity (Wildman–Crippen MR) is 102 cm³/mol. The van der Waals surface area contributed by atoms with E-state index in [2.05, 4.69) is 5.32 Å². The van der Waals surface area contributed by atoms with Crippen LogP contribution >= 0.6 is 11.8 Å². The maximum absolute atomic E-state index is 14.0. The maximum atomic E-state index is 14.0. The lowest BCUT2D eigenvalue weighted by Crippen LogP contribution is -2.41. The number of hydrogen-bond donors (Lipinski definition) is 1. The van der Waals surface area contributed by atoms with Crippen LogP contribution in [0.5, 0.6) is 0 Å². The van der Waals surface area contributed by atoms with Crippen LogP contribution < -0.4 is 5.32 Å². The Morgan fingerprint density at radius 2 is 1.89 bits per heavy atom. The van der Waals surface area contributed by atoms with Crippen LogP contribution in [-0.4, -0.2) is 42.1 Å². The van der Waals surface area contributed by atoms with Gasteiger partial charge in [-0.05, 0) is 36.8 Å². The fourth-order valence-electron chi connectivity index (χ4n) is 2.99. The smallest absolute Gasteiger partial charge is 0.251 e. The molecule has 0 radical (unpaired) electrons. The Labute approximate surface area is 160 Å². The molecule has 2 aromatic carbocycles. The van der Waals surface area contributed by atoms with E-state index < -0.39 is 11.6 Å². The van der Waals surface area contributed by atoms with Gasteiger partial charge in [0.15, 0.2) is 0 Å². The van der Waals surface area contributed by atoms with Gasteiger partial charge in [0.25, 0.3) is 5.91 Å². The summed E-state index contributed by atoms with van der Waals surface area (Å²) in [5.74, 6) is -0.747. The largest absolute Gasteiger partial charge is 0.343 e. The van der Waals surface area contributed by atoms with Crippen LogP contribution in [0.25, 0.3) is 0 Å². The Hall–Kier alpha value is -2.41. The van der Waals surface area contributed by atoms with Crippen molar-refractivity contribution in [2.24, 2.45) is 0 Å². The number of hydrogen-bond acceptors (Lipinski definition) is 3. The summed E-state index contributed by atoms with van der Waals surface area (Å²) >= 11 is 1.51. The van der Waals surface area contributed by atoms with Gasteiger partial charge in [0, 0.05) is 35.2 Å². The number of halogens is 2. The molecular formula is C20H20F2N2O2S. The van der Waals surface area contributed by atoms with Crippen molar-refractivity contribution in [2.45, 2.75) is 11.7 Å². The number of benzene rings is 2. The number of carbonyl (C=O) groups excluding carboxylic acids is 2. The van der Waals surface area contributed by atoms with E-state index in [0.717, 1.165) is 12.1 Å². The van der Waals surface area contributed by atoms with Gasteiger partial charge in [0.1, 0.15) is 11.6 Å². The summed E-state index contributed by atoms with van der Waals surface area (Å²) in [7, 11) is 0. The molecule has 2 amide bonds. The zero-order valence-electron chi connectivity index (χ0n) is 14.7. The second-order valence-electron chi connectivity index (χ2n) is 6.24. The van der Waals surface area contributed by atoms with E-state index in [9.17, 15) is 18.4 Å². The highest BCUT2D eigenvalue weighted by Gasteiger charge is 2.24. The Balaban J connectivity index is 1.55. The number of amides is 2. The van der Waals surface area contributed by atoms with Crippen LogP contribution in [0.1, 0.15) is 27.6 Å². The number of carbonyl (C=O) groups is 2. The molecule has 1 fully saturated rings. The van der Waals surface area contributed by atoms with Crippen molar-refractivity contribution in [3.8, 4) is 0 Å². The van der Waals surface area contributed by atoms with Crippen LogP contribution in [0.3, 0.4) is 0 Å². The summed E-state index contributed by atoms with van der Waals surface area (Å²) < 4.78 is 27.4. The molecule has 4 nitrogen and oxygen atoms in total. The molecule has 1 aliphatic heterocycles. The van der Waals surface area contributed by atoms with Crippen molar-refractivity contribution in [2.75, 3.05) is 25.4 Å². The number of thioether (sulfide) groups is 1. The molecular weight excluding hydrogens is 370 g/mol. The molecule has 7 heteroatoms. The molecule has 27 heavy (non-hydrogen) atoms. The maximum Gasteiger partial charge on any atom is 0.251 e. The predicted octanol–water partition coefficient (Wildman–Crippen LogP) is 3.40. The molecule has 3 rings (SSSR count). The fourth-order valence-corrected chi connectivity index (χ4v) is 4.23. The quantitative estimate of drug-likeness (QED) is 0.871. The summed E-state index contributed by atoms with van der Waals surface area (Å²) in [6, 6.07) is 12.2. The molecule has 0 aromatic heterocycles. The van der Waals surface area contributed by atoms with E-state index in [-0.39, 0.29) is 23.6 Å². The minimum atomic E-state index is -0.465. The molecule has 0 spiro atoms. The Morgan fingerprint density at radius 3 is 2.67 bits per heavy atom. The van der Waals surface area contributed by atoms with Gasteiger partial charge < -0.3 is 10.2 Å². The monoisotopic (exact) mass is 390 g/mol. The molecule has 2 aromatic rings. The normalized spacial score (nSPS) is 17.3. The van der Waals surface area contributed by atoms with Crippen LogP contribution in [0.15, 0.2) is 48.5 Å². The lowest BCUT2D eigenvalue weighted by Gasteiger charge is -2.20. The zero-order valence-corrected chi connectivity index (χ0v) is 15.5. The van der Waals surface area contributed by atoms with Gasteiger partial charge >= 0.3 is 0 Å². The highest BCUT2D eigenvalue weighted by molar-refractivity contribution is 7.99. The number of rotatable bonds is 4. The molecule has 1 aliphatic rings. The first kappa shape index (κ1) is 19.4. The van der Waals surface area contributed by atoms with Gasteiger partial charge in [0.05, 0.1) is 6.54 Å². The third kappa shape index (κ3) is 5.07. The van der Waals surface area contributed by atoms with Gasteiger partial charge in [-0.25, -0.2) is 8.78 Å². The molecule has 0 saturated carbocycles. The van der Waals surface area contributed by atoms with E-state index in [0.29, 0.717) is 36.4 Å².